The molecule has 0 aliphatic heterocycles. The van der Waals surface area contributed by atoms with Crippen molar-refractivity contribution < 1.29 is 48.3 Å². The molecule has 20 heavy (non-hydrogen) atoms. The summed E-state index contributed by atoms with van der Waals surface area (Å²) in [6, 6.07) is 0. The van der Waals surface area contributed by atoms with Gasteiger partial charge in [-0.3, -0.25) is 0 Å². The molecular formula is C8H8F11N. The van der Waals surface area contributed by atoms with E-state index in [0.717, 1.165) is 0 Å². The van der Waals surface area contributed by atoms with E-state index in [1.54, 1.807) is 0 Å². The fourth-order valence-corrected chi connectivity index (χ4v) is 1.14. The van der Waals surface area contributed by atoms with Gasteiger partial charge < -0.3 is 5.73 Å². The molecule has 2 N–H and O–H groups in total. The number of hydrogen-bond acceptors (Lipinski definition) is 1. The van der Waals surface area contributed by atoms with E-state index >= 15 is 0 Å². The molecule has 0 unspecified atom stereocenters. The van der Waals surface area contributed by atoms with Gasteiger partial charge in [0.1, 0.15) is 0 Å². The maximum absolute atomic E-state index is 12.8. The van der Waals surface area contributed by atoms with Crippen LogP contribution in [0.5, 0.6) is 0 Å². The third kappa shape index (κ3) is 3.44. The molecule has 0 saturated carbocycles. The van der Waals surface area contributed by atoms with Gasteiger partial charge in [-0.05, 0) is 6.54 Å². The Morgan fingerprint density at radius 2 is 1.05 bits per heavy atom. The highest BCUT2D eigenvalue weighted by Crippen LogP contribution is 2.55. The minimum absolute atomic E-state index is 0.954. The van der Waals surface area contributed by atoms with Crippen molar-refractivity contribution in [2.45, 2.75) is 42.7 Å². The molecule has 0 saturated heterocycles. The van der Waals surface area contributed by atoms with Crippen LogP contribution in [0.3, 0.4) is 0 Å². The molecule has 0 aliphatic carbocycles. The van der Waals surface area contributed by atoms with E-state index in [-0.39, 0.29) is 0 Å². The number of rotatable bonds is 6. The molecule has 0 aromatic heterocycles. The maximum Gasteiger partial charge on any atom is 0.460 e. The summed E-state index contributed by atoms with van der Waals surface area (Å²) < 4.78 is 136. The first kappa shape index (κ1) is 19.2. The zero-order valence-electron chi connectivity index (χ0n) is 9.36. The van der Waals surface area contributed by atoms with Crippen LogP contribution in [0.2, 0.25) is 0 Å². The zero-order valence-corrected chi connectivity index (χ0v) is 9.36. The molecule has 0 radical (unpaired) electrons. The average Bonchev–Trinajstić information content (AvgIpc) is 2.12. The fraction of sp³-hybridized carbons (Fsp3) is 1.00. The maximum atomic E-state index is 12.8. The second-order valence-corrected chi connectivity index (χ2v) is 3.92. The van der Waals surface area contributed by atoms with Crippen molar-refractivity contribution in [3.8, 4) is 0 Å². The van der Waals surface area contributed by atoms with Crippen molar-refractivity contribution in [2.75, 3.05) is 6.54 Å². The van der Waals surface area contributed by atoms with E-state index < -0.39 is 49.3 Å². The van der Waals surface area contributed by atoms with Gasteiger partial charge in [-0.25, -0.2) is 8.78 Å². The lowest BCUT2D eigenvalue weighted by Gasteiger charge is -2.35. The molecule has 0 aromatic carbocycles. The Balaban J connectivity index is 5.48. The Labute approximate surface area is 104 Å². The summed E-state index contributed by atoms with van der Waals surface area (Å²) in [6.07, 6.45) is -11.8. The Bertz CT molecular complexity index is 332. The molecule has 122 valence electrons. The van der Waals surface area contributed by atoms with Crippen molar-refractivity contribution in [1.29, 1.82) is 0 Å². The first-order valence-electron chi connectivity index (χ1n) is 4.80. The third-order valence-corrected chi connectivity index (χ3v) is 2.20. The first-order valence-corrected chi connectivity index (χ1v) is 4.80. The van der Waals surface area contributed by atoms with E-state index in [1.165, 1.54) is 0 Å². The second kappa shape index (κ2) is 5.19. The van der Waals surface area contributed by atoms with E-state index in [0.29, 0.717) is 0 Å². The van der Waals surface area contributed by atoms with Crippen LogP contribution < -0.4 is 5.73 Å². The average molecular weight is 327 g/mol. The smallest absolute Gasteiger partial charge is 0.330 e. The molecule has 0 atom stereocenters. The predicted molar refractivity (Wildman–Crippen MR) is 44.1 cm³/mol. The van der Waals surface area contributed by atoms with E-state index in [1.807, 2.05) is 0 Å². The normalized spacial score (nSPS) is 15.6. The summed E-state index contributed by atoms with van der Waals surface area (Å²) in [6.45, 7) is -0.954. The van der Waals surface area contributed by atoms with Gasteiger partial charge in [0.05, 0.1) is 6.42 Å². The summed E-state index contributed by atoms with van der Waals surface area (Å²) in [4.78, 5) is 0. The second-order valence-electron chi connectivity index (χ2n) is 3.92. The van der Waals surface area contributed by atoms with Crippen LogP contribution in [0, 0.1) is 0 Å². The molecule has 12 heteroatoms. The molecule has 0 heterocycles. The number of nitrogens with two attached hydrogens (primary N) is 1. The molecule has 0 bridgehead atoms. The van der Waals surface area contributed by atoms with E-state index in [2.05, 4.69) is 5.73 Å². The number of alkyl halides is 11. The molecule has 0 fully saturated rings. The SMILES string of the molecule is NCCC(F)(F)CC(F)(F)C(F)(F)C(F)(F)C(F)(F)F. The lowest BCUT2D eigenvalue weighted by Crippen LogP contribution is -2.61. The minimum Gasteiger partial charge on any atom is -0.330 e. The highest BCUT2D eigenvalue weighted by atomic mass is 19.4. The molecule has 0 rings (SSSR count). The van der Waals surface area contributed by atoms with Crippen molar-refractivity contribution >= 4 is 0 Å². The topological polar surface area (TPSA) is 26.0 Å². The van der Waals surface area contributed by atoms with Crippen molar-refractivity contribution in [1.82, 2.24) is 0 Å². The summed E-state index contributed by atoms with van der Waals surface area (Å²) >= 11 is 0. The molecule has 0 aliphatic rings. The first-order chi connectivity index (χ1) is 8.52. The van der Waals surface area contributed by atoms with Gasteiger partial charge in [0.25, 0.3) is 5.92 Å². The van der Waals surface area contributed by atoms with Gasteiger partial charge in [0, 0.05) is 6.42 Å². The van der Waals surface area contributed by atoms with E-state index in [4.69, 9.17) is 0 Å². The number of hydrogen-bond donors (Lipinski definition) is 1. The third-order valence-electron chi connectivity index (χ3n) is 2.20. The lowest BCUT2D eigenvalue weighted by atomic mass is 9.97. The zero-order chi connectivity index (χ0) is 16.6. The van der Waals surface area contributed by atoms with Crippen molar-refractivity contribution in [2.24, 2.45) is 5.73 Å². The van der Waals surface area contributed by atoms with Gasteiger partial charge in [-0.2, -0.15) is 39.5 Å². The van der Waals surface area contributed by atoms with Gasteiger partial charge >= 0.3 is 23.9 Å². The lowest BCUT2D eigenvalue weighted by molar-refractivity contribution is -0.400. The van der Waals surface area contributed by atoms with Gasteiger partial charge in [-0.1, -0.05) is 0 Å². The Morgan fingerprint density at radius 1 is 0.650 bits per heavy atom. The van der Waals surface area contributed by atoms with Crippen LogP contribution in [0.4, 0.5) is 48.3 Å². The number of halogens is 11. The Kier molecular flexibility index (Phi) is 4.98. The highest BCUT2D eigenvalue weighted by Gasteiger charge is 2.82. The van der Waals surface area contributed by atoms with Gasteiger partial charge in [0.15, 0.2) is 0 Å². The fourth-order valence-electron chi connectivity index (χ4n) is 1.14. The monoisotopic (exact) mass is 327 g/mol. The Hall–Kier alpha value is -0.810. The summed E-state index contributed by atoms with van der Waals surface area (Å²) in [7, 11) is 0. The summed E-state index contributed by atoms with van der Waals surface area (Å²) in [5.41, 5.74) is 4.56. The van der Waals surface area contributed by atoms with Crippen molar-refractivity contribution in [3.05, 3.63) is 0 Å². The van der Waals surface area contributed by atoms with Gasteiger partial charge in [0.2, 0.25) is 0 Å². The predicted octanol–water partition coefficient (Wildman–Crippen LogP) is 3.83. The quantitative estimate of drug-likeness (QED) is 0.737. The van der Waals surface area contributed by atoms with Gasteiger partial charge in [-0.15, -0.1) is 0 Å². The summed E-state index contributed by atoms with van der Waals surface area (Å²) in [5.74, 6) is -25.1. The largest absolute Gasteiger partial charge is 0.460 e. The van der Waals surface area contributed by atoms with Crippen LogP contribution in [0.1, 0.15) is 12.8 Å². The molecule has 1 nitrogen and oxygen atoms in total. The van der Waals surface area contributed by atoms with Crippen LogP contribution in [0.25, 0.3) is 0 Å². The molecule has 0 aromatic rings. The van der Waals surface area contributed by atoms with Crippen molar-refractivity contribution in [3.63, 3.8) is 0 Å². The standard InChI is InChI=1S/C8H8F11N/c9-4(10,1-2-20)3-5(11,12)6(13,14)7(15,16)8(17,18)19/h1-3,20H2. The van der Waals surface area contributed by atoms with Crippen LogP contribution in [0.15, 0.2) is 0 Å². The van der Waals surface area contributed by atoms with E-state index in [9.17, 15) is 48.3 Å². The minimum atomic E-state index is -7.16. The molecular weight excluding hydrogens is 319 g/mol. The summed E-state index contributed by atoms with van der Waals surface area (Å²) in [5, 5.41) is 0. The highest BCUT2D eigenvalue weighted by molar-refractivity contribution is 5.01. The van der Waals surface area contributed by atoms with Crippen LogP contribution in [-0.4, -0.2) is 36.4 Å². The Morgan fingerprint density at radius 3 is 1.35 bits per heavy atom. The molecule has 0 amide bonds. The van der Waals surface area contributed by atoms with Crippen LogP contribution in [-0.2, 0) is 0 Å². The van der Waals surface area contributed by atoms with Crippen LogP contribution >= 0.6 is 0 Å². The molecule has 0 spiro atoms.